The lowest BCUT2D eigenvalue weighted by Gasteiger charge is -2.05. The normalized spacial score (nSPS) is 12.7. The highest BCUT2D eigenvalue weighted by Crippen LogP contribution is 2.11. The minimum absolute atomic E-state index is 0.177. The minimum Gasteiger partial charge on any atom is -0.393 e. The molecule has 0 aromatic heterocycles. The number of aliphatic hydroxyl groups excluding tert-OH is 1. The highest BCUT2D eigenvalue weighted by molar-refractivity contribution is 5.51. The predicted molar refractivity (Wildman–Crippen MR) is 63.5 cm³/mol. The van der Waals surface area contributed by atoms with Gasteiger partial charge >= 0.3 is 0 Å². The van der Waals surface area contributed by atoms with E-state index in [-0.39, 0.29) is 6.42 Å². The molecule has 0 aliphatic rings. The molecule has 1 atom stereocenters. The van der Waals surface area contributed by atoms with E-state index in [1.165, 1.54) is 44.9 Å². The fourth-order valence-corrected chi connectivity index (χ4v) is 1.71. The summed E-state index contributed by atoms with van der Waals surface area (Å²) in [7, 11) is 0. The second-order valence-electron chi connectivity index (χ2n) is 4.27. The van der Waals surface area contributed by atoms with Crippen molar-refractivity contribution in [1.29, 1.82) is 0 Å². The van der Waals surface area contributed by atoms with Crippen LogP contribution >= 0.6 is 0 Å². The number of carbonyl (C=O) groups excluding carboxylic acids is 1. The Hall–Kier alpha value is -0.370. The van der Waals surface area contributed by atoms with Gasteiger partial charge in [-0.05, 0) is 6.42 Å². The molecule has 2 heteroatoms. The van der Waals surface area contributed by atoms with Crippen molar-refractivity contribution in [2.75, 3.05) is 0 Å². The number of unbranched alkanes of at least 4 members (excludes halogenated alkanes) is 7. The van der Waals surface area contributed by atoms with Crippen molar-refractivity contribution in [3.63, 3.8) is 0 Å². The highest BCUT2D eigenvalue weighted by atomic mass is 16.3. The summed E-state index contributed by atoms with van der Waals surface area (Å²) in [6, 6.07) is 0. The molecule has 0 spiro atoms. The van der Waals surface area contributed by atoms with Crippen LogP contribution < -0.4 is 0 Å². The van der Waals surface area contributed by atoms with Crippen molar-refractivity contribution in [2.45, 2.75) is 77.2 Å². The highest BCUT2D eigenvalue weighted by Gasteiger charge is 2.02. The maximum Gasteiger partial charge on any atom is 0.201 e. The van der Waals surface area contributed by atoms with E-state index in [1.54, 1.807) is 6.29 Å². The van der Waals surface area contributed by atoms with Crippen molar-refractivity contribution in [3.8, 4) is 0 Å². The Morgan fingerprint density at radius 2 is 1.53 bits per heavy atom. The zero-order valence-corrected chi connectivity index (χ0v) is 10.0. The number of hydrogen-bond acceptors (Lipinski definition) is 2. The van der Waals surface area contributed by atoms with Gasteiger partial charge in [0.05, 0.1) is 6.10 Å². The Bertz CT molecular complexity index is 134. The number of hydrogen-bond donors (Lipinski definition) is 1. The summed E-state index contributed by atoms with van der Waals surface area (Å²) >= 11 is 0. The monoisotopic (exact) mass is 213 g/mol. The first-order valence-corrected chi connectivity index (χ1v) is 6.34. The van der Waals surface area contributed by atoms with E-state index in [0.29, 0.717) is 0 Å². The molecule has 15 heavy (non-hydrogen) atoms. The van der Waals surface area contributed by atoms with E-state index >= 15 is 0 Å². The summed E-state index contributed by atoms with van der Waals surface area (Å²) in [5.74, 6) is 0. The van der Waals surface area contributed by atoms with Gasteiger partial charge in [0.15, 0.2) is 0 Å². The van der Waals surface area contributed by atoms with Gasteiger partial charge < -0.3 is 5.11 Å². The van der Waals surface area contributed by atoms with Crippen LogP contribution in [0.5, 0.6) is 0 Å². The Balaban J connectivity index is 3.01. The quantitative estimate of drug-likeness (QED) is 0.534. The molecule has 89 valence electrons. The van der Waals surface area contributed by atoms with E-state index < -0.39 is 6.10 Å². The van der Waals surface area contributed by atoms with E-state index in [1.807, 2.05) is 0 Å². The zero-order chi connectivity index (χ0) is 11.4. The third-order valence-corrected chi connectivity index (χ3v) is 2.71. The van der Waals surface area contributed by atoms with Crippen LogP contribution in [0, 0.1) is 0 Å². The maximum absolute atomic E-state index is 9.97. The smallest absolute Gasteiger partial charge is 0.201 e. The SMILES string of the molecule is CCCCCCCCCCC(O)C[C]=O. The van der Waals surface area contributed by atoms with Crippen molar-refractivity contribution in [3.05, 3.63) is 0 Å². The molecule has 0 saturated heterocycles. The van der Waals surface area contributed by atoms with Gasteiger partial charge in [-0.3, -0.25) is 4.79 Å². The summed E-state index contributed by atoms with van der Waals surface area (Å²) in [5, 5.41) is 9.26. The van der Waals surface area contributed by atoms with Gasteiger partial charge in [-0.1, -0.05) is 58.3 Å². The lowest BCUT2D eigenvalue weighted by molar-refractivity contribution is 0.167. The van der Waals surface area contributed by atoms with Gasteiger partial charge in [0.1, 0.15) is 0 Å². The Morgan fingerprint density at radius 3 is 2.07 bits per heavy atom. The van der Waals surface area contributed by atoms with E-state index in [9.17, 15) is 9.90 Å². The molecule has 0 rings (SSSR count). The van der Waals surface area contributed by atoms with Crippen LogP contribution in [0.2, 0.25) is 0 Å². The molecular weight excluding hydrogens is 188 g/mol. The van der Waals surface area contributed by atoms with Crippen molar-refractivity contribution in [1.82, 2.24) is 0 Å². The molecule has 2 nitrogen and oxygen atoms in total. The van der Waals surface area contributed by atoms with Crippen LogP contribution in [0.15, 0.2) is 0 Å². The standard InChI is InChI=1S/C13H25O2/c1-2-3-4-5-6-7-8-9-10-13(15)11-12-14/h13,15H,2-11H2,1H3. The molecule has 1 N–H and O–H groups in total. The van der Waals surface area contributed by atoms with Crippen LogP contribution in [0.3, 0.4) is 0 Å². The first-order valence-electron chi connectivity index (χ1n) is 6.34. The van der Waals surface area contributed by atoms with Crippen LogP contribution in [0.25, 0.3) is 0 Å². The lowest BCUT2D eigenvalue weighted by atomic mass is 10.0. The second-order valence-corrected chi connectivity index (χ2v) is 4.27. The average Bonchev–Trinajstić information content (AvgIpc) is 2.22. The van der Waals surface area contributed by atoms with Crippen molar-refractivity contribution >= 4 is 6.29 Å². The van der Waals surface area contributed by atoms with E-state index in [4.69, 9.17) is 0 Å². The molecule has 0 aliphatic heterocycles. The molecule has 0 aromatic carbocycles. The molecule has 0 saturated carbocycles. The maximum atomic E-state index is 9.97. The molecule has 0 amide bonds. The average molecular weight is 213 g/mol. The largest absolute Gasteiger partial charge is 0.393 e. The van der Waals surface area contributed by atoms with Gasteiger partial charge in [-0.15, -0.1) is 0 Å². The Kier molecular flexibility index (Phi) is 11.4. The summed E-state index contributed by atoms with van der Waals surface area (Å²) in [5.41, 5.74) is 0. The molecule has 0 bridgehead atoms. The molecule has 0 aromatic rings. The Labute approximate surface area is 94.1 Å². The summed E-state index contributed by atoms with van der Waals surface area (Å²) in [4.78, 5) is 9.97. The van der Waals surface area contributed by atoms with Gasteiger partial charge in [-0.25, -0.2) is 0 Å². The topological polar surface area (TPSA) is 37.3 Å². The third kappa shape index (κ3) is 11.6. The van der Waals surface area contributed by atoms with Crippen LogP contribution in [0.4, 0.5) is 0 Å². The van der Waals surface area contributed by atoms with Gasteiger partial charge in [0, 0.05) is 6.42 Å². The summed E-state index contributed by atoms with van der Waals surface area (Å²) < 4.78 is 0. The van der Waals surface area contributed by atoms with Crippen molar-refractivity contribution < 1.29 is 9.90 Å². The molecule has 0 heterocycles. The number of aliphatic hydroxyl groups is 1. The van der Waals surface area contributed by atoms with Crippen LogP contribution in [-0.2, 0) is 4.79 Å². The van der Waals surface area contributed by atoms with Gasteiger partial charge in [0.2, 0.25) is 6.29 Å². The zero-order valence-electron chi connectivity index (χ0n) is 10.0. The fraction of sp³-hybridized carbons (Fsp3) is 0.923. The first kappa shape index (κ1) is 14.6. The van der Waals surface area contributed by atoms with Crippen molar-refractivity contribution in [2.24, 2.45) is 0 Å². The molecular formula is C13H25O2. The van der Waals surface area contributed by atoms with E-state index in [0.717, 1.165) is 12.8 Å². The fourth-order valence-electron chi connectivity index (χ4n) is 1.71. The molecule has 0 fully saturated rings. The minimum atomic E-state index is -0.456. The van der Waals surface area contributed by atoms with E-state index in [2.05, 4.69) is 6.92 Å². The second kappa shape index (κ2) is 11.7. The third-order valence-electron chi connectivity index (χ3n) is 2.71. The predicted octanol–water partition coefficient (Wildman–Crippen LogP) is 3.38. The van der Waals surface area contributed by atoms with Gasteiger partial charge in [0.25, 0.3) is 0 Å². The Morgan fingerprint density at radius 1 is 1.00 bits per heavy atom. The van der Waals surface area contributed by atoms with Crippen LogP contribution in [0.1, 0.15) is 71.1 Å². The molecule has 0 aliphatic carbocycles. The van der Waals surface area contributed by atoms with Crippen LogP contribution in [-0.4, -0.2) is 17.5 Å². The molecule has 1 unspecified atom stereocenters. The first-order chi connectivity index (χ1) is 7.31. The lowest BCUT2D eigenvalue weighted by Crippen LogP contribution is -2.06. The summed E-state index contributed by atoms with van der Waals surface area (Å²) in [6.45, 7) is 2.23. The number of rotatable bonds is 11. The molecule has 1 radical (unpaired) electrons. The van der Waals surface area contributed by atoms with Gasteiger partial charge in [-0.2, -0.15) is 0 Å². The summed E-state index contributed by atoms with van der Waals surface area (Å²) in [6.07, 6.45) is 12.4.